The highest BCUT2D eigenvalue weighted by Gasteiger charge is 2.22. The van der Waals surface area contributed by atoms with Crippen molar-refractivity contribution in [3.05, 3.63) is 24.0 Å². The van der Waals surface area contributed by atoms with Gasteiger partial charge in [-0.15, -0.1) is 0 Å². The minimum absolute atomic E-state index is 0.100. The maximum absolute atomic E-state index is 12.3. The lowest BCUT2D eigenvalue weighted by molar-refractivity contribution is 0.0931. The van der Waals surface area contributed by atoms with E-state index >= 15 is 0 Å². The predicted octanol–water partition coefficient (Wildman–Crippen LogP) is 1.69. The number of rotatable bonds is 4. The summed E-state index contributed by atoms with van der Waals surface area (Å²) < 4.78 is 2.07. The Morgan fingerprint density at radius 2 is 2.25 bits per heavy atom. The number of hydrogen-bond acceptors (Lipinski definition) is 3. The summed E-state index contributed by atoms with van der Waals surface area (Å²) in [6.07, 6.45) is 4.05. The van der Waals surface area contributed by atoms with Gasteiger partial charge in [0.2, 0.25) is 0 Å². The van der Waals surface area contributed by atoms with Crippen molar-refractivity contribution in [3.63, 3.8) is 0 Å². The van der Waals surface area contributed by atoms with Crippen molar-refractivity contribution in [2.45, 2.75) is 32.7 Å². The number of carbonyl (C=O) groups is 1. The molecule has 1 saturated heterocycles. The Labute approximate surface area is 120 Å². The molecule has 0 unspecified atom stereocenters. The molecule has 5 heteroatoms. The summed E-state index contributed by atoms with van der Waals surface area (Å²) in [7, 11) is 0. The lowest BCUT2D eigenvalue weighted by Crippen LogP contribution is -2.36. The van der Waals surface area contributed by atoms with E-state index in [1.807, 2.05) is 32.2 Å². The smallest absolute Gasteiger partial charge is 0.267 e. The van der Waals surface area contributed by atoms with Gasteiger partial charge in [-0.05, 0) is 51.9 Å². The molecule has 108 valence electrons. The average Bonchev–Trinajstić information content (AvgIpc) is 2.95. The molecule has 1 amide bonds. The summed E-state index contributed by atoms with van der Waals surface area (Å²) in [5, 5.41) is 15.2. The van der Waals surface area contributed by atoms with Gasteiger partial charge in [-0.3, -0.25) is 4.79 Å². The van der Waals surface area contributed by atoms with Crippen molar-refractivity contribution in [3.8, 4) is 6.07 Å². The van der Waals surface area contributed by atoms with Crippen LogP contribution in [-0.4, -0.2) is 30.1 Å². The third kappa shape index (κ3) is 3.40. The van der Waals surface area contributed by atoms with Gasteiger partial charge in [0.05, 0.1) is 11.5 Å². The molecule has 1 aromatic heterocycles. The Hall–Kier alpha value is -1.80. The first-order valence-corrected chi connectivity index (χ1v) is 7.10. The number of nitrogens with one attached hydrogen (secondary N) is 2. The van der Waals surface area contributed by atoms with Crippen LogP contribution in [0.5, 0.6) is 0 Å². The standard InChI is InChI=1S/C15H22N4O/c1-15(2,10-16)11-18-14(20)13-4-3-9-19(13)12-5-7-17-8-6-12/h3-4,9,12,17H,5-8,11H2,1-2H3,(H,18,20). The van der Waals surface area contributed by atoms with E-state index in [0.29, 0.717) is 18.3 Å². The molecule has 0 spiro atoms. The summed E-state index contributed by atoms with van der Waals surface area (Å²) in [5.41, 5.74) is 0.146. The third-order valence-corrected chi connectivity index (χ3v) is 3.71. The molecule has 0 atom stereocenters. The van der Waals surface area contributed by atoms with Crippen molar-refractivity contribution in [2.75, 3.05) is 19.6 Å². The fourth-order valence-electron chi connectivity index (χ4n) is 2.42. The molecule has 20 heavy (non-hydrogen) atoms. The summed E-state index contributed by atoms with van der Waals surface area (Å²) >= 11 is 0. The number of hydrogen-bond donors (Lipinski definition) is 2. The summed E-state index contributed by atoms with van der Waals surface area (Å²) in [6.45, 7) is 5.98. The molecule has 0 aromatic carbocycles. The van der Waals surface area contributed by atoms with Crippen LogP contribution in [0.25, 0.3) is 0 Å². The van der Waals surface area contributed by atoms with Crippen LogP contribution < -0.4 is 10.6 Å². The molecule has 1 aromatic rings. The molecule has 2 N–H and O–H groups in total. The first kappa shape index (κ1) is 14.6. The van der Waals surface area contributed by atoms with Gasteiger partial charge in [-0.25, -0.2) is 0 Å². The molecule has 0 radical (unpaired) electrons. The topological polar surface area (TPSA) is 69.8 Å². The van der Waals surface area contributed by atoms with Gasteiger partial charge in [-0.1, -0.05) is 0 Å². The number of nitrogens with zero attached hydrogens (tertiary/aromatic N) is 2. The second-order valence-corrected chi connectivity index (χ2v) is 5.96. The fourth-order valence-corrected chi connectivity index (χ4v) is 2.42. The highest BCUT2D eigenvalue weighted by molar-refractivity contribution is 5.92. The van der Waals surface area contributed by atoms with Gasteiger partial charge < -0.3 is 15.2 Å². The Balaban J connectivity index is 2.04. The first-order valence-electron chi connectivity index (χ1n) is 7.10. The molecule has 2 rings (SSSR count). The van der Waals surface area contributed by atoms with Crippen LogP contribution in [-0.2, 0) is 0 Å². The Kier molecular flexibility index (Phi) is 4.46. The van der Waals surface area contributed by atoms with E-state index in [-0.39, 0.29) is 5.91 Å². The zero-order valence-electron chi connectivity index (χ0n) is 12.1. The summed E-state index contributed by atoms with van der Waals surface area (Å²) in [4.78, 5) is 12.3. The van der Waals surface area contributed by atoms with Crippen LogP contribution in [0.15, 0.2) is 18.3 Å². The average molecular weight is 274 g/mol. The molecule has 2 heterocycles. The van der Waals surface area contributed by atoms with Crippen LogP contribution in [0.3, 0.4) is 0 Å². The summed E-state index contributed by atoms with van der Waals surface area (Å²) in [5.74, 6) is -0.100. The highest BCUT2D eigenvalue weighted by Crippen LogP contribution is 2.21. The van der Waals surface area contributed by atoms with Crippen molar-refractivity contribution in [1.82, 2.24) is 15.2 Å². The zero-order chi connectivity index (χ0) is 14.6. The third-order valence-electron chi connectivity index (χ3n) is 3.71. The quantitative estimate of drug-likeness (QED) is 0.878. The van der Waals surface area contributed by atoms with E-state index in [1.54, 1.807) is 0 Å². The molecular weight excluding hydrogens is 252 g/mol. The molecule has 1 aliphatic rings. The number of piperidine rings is 1. The lowest BCUT2D eigenvalue weighted by atomic mass is 9.96. The van der Waals surface area contributed by atoms with Crippen molar-refractivity contribution >= 4 is 5.91 Å². The number of amides is 1. The minimum atomic E-state index is -0.540. The number of carbonyl (C=O) groups excluding carboxylic acids is 1. The van der Waals surface area contributed by atoms with Crippen molar-refractivity contribution < 1.29 is 4.79 Å². The van der Waals surface area contributed by atoms with Gasteiger partial charge in [0.15, 0.2) is 0 Å². The SMILES string of the molecule is CC(C)(C#N)CNC(=O)c1cccn1C1CCNCC1. The predicted molar refractivity (Wildman–Crippen MR) is 77.3 cm³/mol. The van der Waals surface area contributed by atoms with Gasteiger partial charge in [0.1, 0.15) is 5.69 Å². The van der Waals surface area contributed by atoms with Crippen LogP contribution in [0.1, 0.15) is 43.2 Å². The fraction of sp³-hybridized carbons (Fsp3) is 0.600. The Morgan fingerprint density at radius 3 is 2.90 bits per heavy atom. The molecular formula is C15H22N4O. The maximum Gasteiger partial charge on any atom is 0.267 e. The maximum atomic E-state index is 12.3. The minimum Gasteiger partial charge on any atom is -0.349 e. The van der Waals surface area contributed by atoms with Gasteiger partial charge in [-0.2, -0.15) is 5.26 Å². The Bertz CT molecular complexity index is 506. The molecule has 0 aliphatic carbocycles. The van der Waals surface area contributed by atoms with Crippen molar-refractivity contribution in [1.29, 1.82) is 5.26 Å². The van der Waals surface area contributed by atoms with E-state index < -0.39 is 5.41 Å². The second-order valence-electron chi connectivity index (χ2n) is 5.96. The largest absolute Gasteiger partial charge is 0.349 e. The monoisotopic (exact) mass is 274 g/mol. The Morgan fingerprint density at radius 1 is 1.55 bits per heavy atom. The lowest BCUT2D eigenvalue weighted by Gasteiger charge is -2.26. The van der Waals surface area contributed by atoms with E-state index in [4.69, 9.17) is 5.26 Å². The van der Waals surface area contributed by atoms with Crippen molar-refractivity contribution in [2.24, 2.45) is 5.41 Å². The van der Waals surface area contributed by atoms with E-state index in [2.05, 4.69) is 21.3 Å². The van der Waals surface area contributed by atoms with Crippen LogP contribution in [0, 0.1) is 16.7 Å². The normalized spacial score (nSPS) is 16.6. The van der Waals surface area contributed by atoms with Gasteiger partial charge in [0.25, 0.3) is 5.91 Å². The van der Waals surface area contributed by atoms with Crippen LogP contribution >= 0.6 is 0 Å². The second kappa shape index (κ2) is 6.10. The van der Waals surface area contributed by atoms with Gasteiger partial charge >= 0.3 is 0 Å². The highest BCUT2D eigenvalue weighted by atomic mass is 16.1. The molecule has 0 bridgehead atoms. The molecule has 1 fully saturated rings. The first-order chi connectivity index (χ1) is 9.53. The van der Waals surface area contributed by atoms with Crippen LogP contribution in [0.4, 0.5) is 0 Å². The zero-order valence-corrected chi connectivity index (χ0v) is 12.1. The van der Waals surface area contributed by atoms with E-state index in [1.165, 1.54) is 0 Å². The summed E-state index contributed by atoms with van der Waals surface area (Å²) in [6, 6.07) is 6.33. The van der Waals surface area contributed by atoms with Gasteiger partial charge in [0, 0.05) is 18.8 Å². The number of nitriles is 1. The number of aromatic nitrogens is 1. The molecule has 5 nitrogen and oxygen atoms in total. The molecule has 0 saturated carbocycles. The van der Waals surface area contributed by atoms with E-state index in [9.17, 15) is 4.79 Å². The van der Waals surface area contributed by atoms with Crippen LogP contribution in [0.2, 0.25) is 0 Å². The van der Waals surface area contributed by atoms with E-state index in [0.717, 1.165) is 25.9 Å². The molecule has 1 aliphatic heterocycles.